The minimum absolute atomic E-state index is 0.0952. The number of rotatable bonds is 6. The SMILES string of the molecule is Cc1ccc(NCCCNC(=O)Nc2ccc3c(c2)n(C)c(=O)n3C)nc1. The molecule has 0 saturated heterocycles. The number of pyridine rings is 1. The third-order valence-electron chi connectivity index (χ3n) is 4.39. The summed E-state index contributed by atoms with van der Waals surface area (Å²) in [6.07, 6.45) is 2.59. The number of nitrogens with zero attached hydrogens (tertiary/aromatic N) is 3. The number of urea groups is 1. The first kappa shape index (κ1) is 18.5. The summed E-state index contributed by atoms with van der Waals surface area (Å²) in [4.78, 5) is 28.3. The highest BCUT2D eigenvalue weighted by Gasteiger charge is 2.09. The smallest absolute Gasteiger partial charge is 0.328 e. The lowest BCUT2D eigenvalue weighted by Crippen LogP contribution is -2.30. The van der Waals surface area contributed by atoms with Crippen molar-refractivity contribution in [2.45, 2.75) is 13.3 Å². The quantitative estimate of drug-likeness (QED) is 0.582. The van der Waals surface area contributed by atoms with Gasteiger partial charge in [-0.05, 0) is 43.2 Å². The van der Waals surface area contributed by atoms with Crippen molar-refractivity contribution in [3.63, 3.8) is 0 Å². The van der Waals surface area contributed by atoms with E-state index in [1.165, 1.54) is 0 Å². The Bertz CT molecular complexity index is 1000. The molecule has 3 aromatic rings. The number of hydrogen-bond acceptors (Lipinski definition) is 4. The number of amides is 2. The van der Waals surface area contributed by atoms with E-state index in [9.17, 15) is 9.59 Å². The Kier molecular flexibility index (Phi) is 5.44. The van der Waals surface area contributed by atoms with Gasteiger partial charge in [-0.2, -0.15) is 0 Å². The molecule has 0 bridgehead atoms. The average molecular weight is 368 g/mol. The molecule has 0 saturated carbocycles. The fourth-order valence-corrected chi connectivity index (χ4v) is 2.84. The highest BCUT2D eigenvalue weighted by Crippen LogP contribution is 2.17. The number of aromatic nitrogens is 3. The van der Waals surface area contributed by atoms with Crippen molar-refractivity contribution in [1.29, 1.82) is 0 Å². The van der Waals surface area contributed by atoms with E-state index in [0.717, 1.165) is 28.8 Å². The van der Waals surface area contributed by atoms with Crippen LogP contribution in [0.4, 0.5) is 16.3 Å². The summed E-state index contributed by atoms with van der Waals surface area (Å²) in [6.45, 7) is 3.25. The minimum Gasteiger partial charge on any atom is -0.370 e. The molecule has 8 heteroatoms. The Hall–Kier alpha value is -3.29. The van der Waals surface area contributed by atoms with Crippen LogP contribution >= 0.6 is 0 Å². The van der Waals surface area contributed by atoms with Crippen LogP contribution in [0.15, 0.2) is 41.3 Å². The van der Waals surface area contributed by atoms with E-state index in [0.29, 0.717) is 18.8 Å². The molecule has 2 aromatic heterocycles. The predicted molar refractivity (Wildman–Crippen MR) is 107 cm³/mol. The number of nitrogens with one attached hydrogen (secondary N) is 3. The molecule has 0 radical (unpaired) electrons. The molecule has 0 fully saturated rings. The molecule has 142 valence electrons. The highest BCUT2D eigenvalue weighted by atomic mass is 16.2. The topological polar surface area (TPSA) is 93.0 Å². The normalized spacial score (nSPS) is 10.8. The number of carbonyl (C=O) groups is 1. The van der Waals surface area contributed by atoms with Crippen LogP contribution < -0.4 is 21.6 Å². The maximum Gasteiger partial charge on any atom is 0.328 e. The Morgan fingerprint density at radius 1 is 1.07 bits per heavy atom. The van der Waals surface area contributed by atoms with Crippen molar-refractivity contribution in [3.8, 4) is 0 Å². The van der Waals surface area contributed by atoms with E-state index >= 15 is 0 Å². The number of imidazole rings is 1. The molecule has 3 N–H and O–H groups in total. The Labute approximate surface area is 157 Å². The largest absolute Gasteiger partial charge is 0.370 e. The number of hydrogen-bond donors (Lipinski definition) is 3. The standard InChI is InChI=1S/C19H24N6O2/c1-13-5-8-17(22-12-13)20-9-4-10-21-18(26)23-14-6-7-15-16(11-14)25(3)19(27)24(15)2/h5-8,11-12H,4,9-10H2,1-3H3,(H,20,22)(H2,21,23,26). The predicted octanol–water partition coefficient (Wildman–Crippen LogP) is 2.20. The van der Waals surface area contributed by atoms with Crippen molar-refractivity contribution in [3.05, 3.63) is 52.6 Å². The van der Waals surface area contributed by atoms with Gasteiger partial charge in [0.1, 0.15) is 5.82 Å². The van der Waals surface area contributed by atoms with Gasteiger partial charge in [-0.3, -0.25) is 9.13 Å². The van der Waals surface area contributed by atoms with Crippen LogP contribution in [0.3, 0.4) is 0 Å². The Morgan fingerprint density at radius 2 is 1.85 bits per heavy atom. The van der Waals surface area contributed by atoms with Gasteiger partial charge in [0.25, 0.3) is 0 Å². The molecule has 0 aliphatic rings. The van der Waals surface area contributed by atoms with Gasteiger partial charge < -0.3 is 16.0 Å². The van der Waals surface area contributed by atoms with Crippen LogP contribution in [0.2, 0.25) is 0 Å². The van der Waals surface area contributed by atoms with E-state index in [2.05, 4.69) is 20.9 Å². The molecule has 0 aliphatic heterocycles. The fourth-order valence-electron chi connectivity index (χ4n) is 2.84. The molecular weight excluding hydrogens is 344 g/mol. The highest BCUT2D eigenvalue weighted by molar-refractivity contribution is 5.92. The molecule has 8 nitrogen and oxygen atoms in total. The first-order valence-electron chi connectivity index (χ1n) is 8.82. The minimum atomic E-state index is -0.274. The zero-order valence-corrected chi connectivity index (χ0v) is 15.7. The van der Waals surface area contributed by atoms with Crippen LogP contribution in [0, 0.1) is 6.92 Å². The van der Waals surface area contributed by atoms with Crippen molar-refractivity contribution < 1.29 is 4.79 Å². The molecule has 3 rings (SSSR count). The monoisotopic (exact) mass is 368 g/mol. The summed E-state index contributed by atoms with van der Waals surface area (Å²) in [5, 5.41) is 8.83. The van der Waals surface area contributed by atoms with Gasteiger partial charge in [0.05, 0.1) is 11.0 Å². The second kappa shape index (κ2) is 7.94. The Balaban J connectivity index is 1.46. The van der Waals surface area contributed by atoms with Crippen molar-refractivity contribution in [2.24, 2.45) is 14.1 Å². The molecule has 0 spiro atoms. The zero-order valence-electron chi connectivity index (χ0n) is 15.7. The van der Waals surface area contributed by atoms with Gasteiger partial charge in [0.15, 0.2) is 0 Å². The van der Waals surface area contributed by atoms with E-state index < -0.39 is 0 Å². The summed E-state index contributed by atoms with van der Waals surface area (Å²) in [5.41, 5.74) is 3.26. The van der Waals surface area contributed by atoms with Crippen LogP contribution in [-0.4, -0.2) is 33.2 Å². The fraction of sp³-hybridized carbons (Fsp3) is 0.316. The lowest BCUT2D eigenvalue weighted by atomic mass is 10.2. The molecule has 27 heavy (non-hydrogen) atoms. The lowest BCUT2D eigenvalue weighted by molar-refractivity contribution is 0.252. The number of fused-ring (bicyclic) bond motifs is 1. The summed E-state index contributed by atoms with van der Waals surface area (Å²) in [6, 6.07) is 9.06. The van der Waals surface area contributed by atoms with Crippen molar-refractivity contribution in [1.82, 2.24) is 19.4 Å². The number of benzene rings is 1. The first-order chi connectivity index (χ1) is 13.0. The number of anilines is 2. The van der Waals surface area contributed by atoms with Crippen LogP contribution in [0.1, 0.15) is 12.0 Å². The molecule has 0 aliphatic carbocycles. The summed E-state index contributed by atoms with van der Waals surface area (Å²) >= 11 is 0. The van der Waals surface area contributed by atoms with Crippen molar-refractivity contribution in [2.75, 3.05) is 23.7 Å². The molecule has 2 amide bonds. The lowest BCUT2D eigenvalue weighted by Gasteiger charge is -2.09. The van der Waals surface area contributed by atoms with Gasteiger partial charge in [-0.1, -0.05) is 6.07 Å². The van der Waals surface area contributed by atoms with Crippen LogP contribution in [-0.2, 0) is 14.1 Å². The van der Waals surface area contributed by atoms with Gasteiger partial charge in [-0.15, -0.1) is 0 Å². The number of carbonyl (C=O) groups excluding carboxylic acids is 1. The second-order valence-electron chi connectivity index (χ2n) is 6.49. The molecule has 2 heterocycles. The second-order valence-corrected chi connectivity index (χ2v) is 6.49. The zero-order chi connectivity index (χ0) is 19.4. The number of aryl methyl sites for hydroxylation is 3. The van der Waals surface area contributed by atoms with Crippen molar-refractivity contribution >= 4 is 28.6 Å². The first-order valence-corrected chi connectivity index (χ1v) is 8.82. The molecular formula is C19H24N6O2. The van der Waals surface area contributed by atoms with Crippen LogP contribution in [0.25, 0.3) is 11.0 Å². The van der Waals surface area contributed by atoms with Gasteiger partial charge in [0, 0.05) is 39.1 Å². The van der Waals surface area contributed by atoms with E-state index in [4.69, 9.17) is 0 Å². The van der Waals surface area contributed by atoms with Gasteiger partial charge >= 0.3 is 11.7 Å². The molecule has 0 atom stereocenters. The molecule has 0 unspecified atom stereocenters. The maximum atomic E-state index is 12.0. The summed E-state index contributed by atoms with van der Waals surface area (Å²) in [5.74, 6) is 0.826. The maximum absolute atomic E-state index is 12.0. The van der Waals surface area contributed by atoms with Crippen LogP contribution in [0.5, 0.6) is 0 Å². The third kappa shape index (κ3) is 4.28. The Morgan fingerprint density at radius 3 is 2.59 bits per heavy atom. The summed E-state index contributed by atoms with van der Waals surface area (Å²) in [7, 11) is 3.44. The molecule has 1 aromatic carbocycles. The third-order valence-corrected chi connectivity index (χ3v) is 4.39. The summed E-state index contributed by atoms with van der Waals surface area (Å²) < 4.78 is 3.14. The van der Waals surface area contributed by atoms with Gasteiger partial charge in [-0.25, -0.2) is 14.6 Å². The van der Waals surface area contributed by atoms with E-state index in [-0.39, 0.29) is 11.7 Å². The van der Waals surface area contributed by atoms with E-state index in [1.807, 2.05) is 31.3 Å². The average Bonchev–Trinajstić information content (AvgIpc) is 2.87. The van der Waals surface area contributed by atoms with E-state index in [1.54, 1.807) is 35.4 Å². The van der Waals surface area contributed by atoms with Gasteiger partial charge in [0.2, 0.25) is 0 Å².